The van der Waals surface area contributed by atoms with Crippen LogP contribution >= 0.6 is 24.0 Å². The van der Waals surface area contributed by atoms with E-state index in [9.17, 15) is 18.0 Å². The van der Waals surface area contributed by atoms with Crippen LogP contribution in [0.15, 0.2) is 59.6 Å². The van der Waals surface area contributed by atoms with Crippen molar-refractivity contribution in [3.63, 3.8) is 0 Å². The molecular formula is C20H23F3IN5O2. The Labute approximate surface area is 195 Å². The fourth-order valence-corrected chi connectivity index (χ4v) is 3.03. The number of aliphatic imine (C=N–C) groups is 1. The first kappa shape index (κ1) is 24.6. The summed E-state index contributed by atoms with van der Waals surface area (Å²) in [6.45, 7) is 2.55. The van der Waals surface area contributed by atoms with Crippen LogP contribution in [-0.4, -0.2) is 55.9 Å². The van der Waals surface area contributed by atoms with Gasteiger partial charge in [0.1, 0.15) is 12.3 Å². The van der Waals surface area contributed by atoms with Gasteiger partial charge in [-0.3, -0.25) is 4.79 Å². The number of nitrogens with zero attached hydrogens (tertiary/aromatic N) is 3. The average Bonchev–Trinajstić information content (AvgIpc) is 2.73. The van der Waals surface area contributed by atoms with Crippen LogP contribution in [0, 0.1) is 0 Å². The normalized spacial score (nSPS) is 14.6. The summed E-state index contributed by atoms with van der Waals surface area (Å²) in [7, 11) is 0. The van der Waals surface area contributed by atoms with Crippen molar-refractivity contribution in [1.82, 2.24) is 4.90 Å². The molecule has 1 fully saturated rings. The number of amides is 1. The standard InChI is InChI=1S/C20H22F3N5O2.HI/c21-20(22,23)30-17-8-6-15(7-9-17)26-19(24)25-14-18(29)28-12-10-27(11-13-28)16-4-2-1-3-5-16;/h1-9H,10-14H2,(H3,24,25,26);1H. The fraction of sp³-hybridized carbons (Fsp3) is 0.300. The van der Waals surface area contributed by atoms with E-state index in [2.05, 4.69) is 19.9 Å². The second-order valence-electron chi connectivity index (χ2n) is 6.60. The number of anilines is 2. The van der Waals surface area contributed by atoms with E-state index in [0.717, 1.165) is 30.9 Å². The molecule has 0 radical (unpaired) electrons. The Balaban J connectivity index is 0.00000341. The van der Waals surface area contributed by atoms with Crippen molar-refractivity contribution in [2.45, 2.75) is 6.36 Å². The van der Waals surface area contributed by atoms with E-state index in [1.807, 2.05) is 30.3 Å². The molecule has 0 aromatic heterocycles. The first-order valence-electron chi connectivity index (χ1n) is 9.31. The van der Waals surface area contributed by atoms with Gasteiger partial charge in [0.25, 0.3) is 0 Å². The van der Waals surface area contributed by atoms with Gasteiger partial charge in [-0.2, -0.15) is 0 Å². The molecule has 1 amide bonds. The van der Waals surface area contributed by atoms with Gasteiger partial charge in [-0.1, -0.05) is 18.2 Å². The molecule has 0 atom stereocenters. The maximum atomic E-state index is 12.4. The number of piperazine rings is 1. The van der Waals surface area contributed by atoms with Gasteiger partial charge >= 0.3 is 6.36 Å². The summed E-state index contributed by atoms with van der Waals surface area (Å²) in [5.74, 6) is -0.481. The van der Waals surface area contributed by atoms with E-state index in [0.29, 0.717) is 18.8 Å². The Morgan fingerprint density at radius 1 is 1.03 bits per heavy atom. The highest BCUT2D eigenvalue weighted by Gasteiger charge is 2.31. The highest BCUT2D eigenvalue weighted by atomic mass is 127. The molecule has 7 nitrogen and oxygen atoms in total. The largest absolute Gasteiger partial charge is 0.573 e. The number of nitrogens with two attached hydrogens (primary N) is 1. The number of para-hydroxylation sites is 1. The Morgan fingerprint density at radius 3 is 2.23 bits per heavy atom. The van der Waals surface area contributed by atoms with Gasteiger partial charge in [-0.05, 0) is 36.4 Å². The van der Waals surface area contributed by atoms with Crippen LogP contribution in [0.1, 0.15) is 0 Å². The zero-order valence-corrected chi connectivity index (χ0v) is 18.8. The summed E-state index contributed by atoms with van der Waals surface area (Å²) < 4.78 is 40.3. The third-order valence-corrected chi connectivity index (χ3v) is 4.50. The number of guanidine groups is 1. The average molecular weight is 549 g/mol. The smallest absolute Gasteiger partial charge is 0.406 e. The van der Waals surface area contributed by atoms with E-state index in [1.165, 1.54) is 12.1 Å². The minimum absolute atomic E-state index is 0. The Morgan fingerprint density at radius 2 is 1.65 bits per heavy atom. The molecule has 2 aromatic rings. The van der Waals surface area contributed by atoms with Crippen LogP contribution in [0.2, 0.25) is 0 Å². The minimum atomic E-state index is -4.75. The summed E-state index contributed by atoms with van der Waals surface area (Å²) in [6, 6.07) is 15.0. The topological polar surface area (TPSA) is 83.2 Å². The van der Waals surface area contributed by atoms with Crippen molar-refractivity contribution in [1.29, 1.82) is 0 Å². The van der Waals surface area contributed by atoms with Gasteiger partial charge in [0.2, 0.25) is 5.91 Å². The Bertz CT molecular complexity index is 871. The van der Waals surface area contributed by atoms with E-state index in [1.54, 1.807) is 4.90 Å². The summed E-state index contributed by atoms with van der Waals surface area (Å²) >= 11 is 0. The minimum Gasteiger partial charge on any atom is -0.406 e. The van der Waals surface area contributed by atoms with Crippen LogP contribution < -0.4 is 20.7 Å². The van der Waals surface area contributed by atoms with Gasteiger partial charge in [0.05, 0.1) is 0 Å². The molecule has 31 heavy (non-hydrogen) atoms. The first-order chi connectivity index (χ1) is 14.3. The van der Waals surface area contributed by atoms with E-state index >= 15 is 0 Å². The van der Waals surface area contributed by atoms with Crippen molar-refractivity contribution in [2.24, 2.45) is 10.7 Å². The molecule has 0 spiro atoms. The molecule has 1 aliphatic rings. The molecule has 168 valence electrons. The molecule has 3 rings (SSSR count). The van der Waals surface area contributed by atoms with Crippen LogP contribution in [0.3, 0.4) is 0 Å². The zero-order valence-electron chi connectivity index (χ0n) is 16.5. The van der Waals surface area contributed by atoms with Crippen molar-refractivity contribution >= 4 is 47.2 Å². The third kappa shape index (κ3) is 7.81. The molecule has 1 heterocycles. The summed E-state index contributed by atoms with van der Waals surface area (Å²) in [4.78, 5) is 20.3. The van der Waals surface area contributed by atoms with Crippen molar-refractivity contribution in [3.8, 4) is 5.75 Å². The Hall–Kier alpha value is -2.70. The number of hydrogen-bond acceptors (Lipinski definition) is 4. The quantitative estimate of drug-likeness (QED) is 0.340. The molecule has 0 bridgehead atoms. The molecule has 2 aromatic carbocycles. The predicted molar refractivity (Wildman–Crippen MR) is 124 cm³/mol. The number of carbonyl (C=O) groups excluding carboxylic acids is 1. The number of carbonyl (C=O) groups is 1. The monoisotopic (exact) mass is 549 g/mol. The number of benzene rings is 2. The van der Waals surface area contributed by atoms with Crippen LogP contribution in [0.5, 0.6) is 5.75 Å². The molecule has 11 heteroatoms. The molecule has 1 aliphatic heterocycles. The molecule has 0 unspecified atom stereocenters. The molecular weight excluding hydrogens is 526 g/mol. The van der Waals surface area contributed by atoms with Crippen molar-refractivity contribution in [2.75, 3.05) is 42.9 Å². The SMILES string of the molecule is I.NC(=NCC(=O)N1CCN(c2ccccc2)CC1)Nc1ccc(OC(F)(F)F)cc1. The second kappa shape index (κ2) is 11.1. The Kier molecular flexibility index (Phi) is 8.77. The summed E-state index contributed by atoms with van der Waals surface area (Å²) in [6.07, 6.45) is -4.75. The predicted octanol–water partition coefficient (Wildman–Crippen LogP) is 3.28. The van der Waals surface area contributed by atoms with Gasteiger partial charge in [-0.15, -0.1) is 37.1 Å². The molecule has 3 N–H and O–H groups in total. The highest BCUT2D eigenvalue weighted by molar-refractivity contribution is 14.0. The van der Waals surface area contributed by atoms with Crippen LogP contribution in [-0.2, 0) is 4.79 Å². The maximum absolute atomic E-state index is 12.4. The number of halogens is 4. The third-order valence-electron chi connectivity index (χ3n) is 4.50. The van der Waals surface area contributed by atoms with Crippen LogP contribution in [0.25, 0.3) is 0 Å². The maximum Gasteiger partial charge on any atom is 0.573 e. The van der Waals surface area contributed by atoms with Gasteiger partial charge in [-0.25, -0.2) is 4.99 Å². The van der Waals surface area contributed by atoms with E-state index in [-0.39, 0.29) is 48.1 Å². The summed E-state index contributed by atoms with van der Waals surface area (Å²) in [5.41, 5.74) is 7.32. The zero-order chi connectivity index (χ0) is 21.6. The van der Waals surface area contributed by atoms with E-state index in [4.69, 9.17) is 5.73 Å². The van der Waals surface area contributed by atoms with Crippen molar-refractivity contribution < 1.29 is 22.7 Å². The highest BCUT2D eigenvalue weighted by Crippen LogP contribution is 2.23. The fourth-order valence-electron chi connectivity index (χ4n) is 3.03. The number of rotatable bonds is 5. The lowest BCUT2D eigenvalue weighted by molar-refractivity contribution is -0.274. The first-order valence-corrected chi connectivity index (χ1v) is 9.31. The molecule has 0 saturated carbocycles. The number of alkyl halides is 3. The van der Waals surface area contributed by atoms with Gasteiger partial charge in [0.15, 0.2) is 5.96 Å². The molecule has 1 saturated heterocycles. The lowest BCUT2D eigenvalue weighted by Crippen LogP contribution is -2.49. The number of nitrogens with one attached hydrogen (secondary N) is 1. The van der Waals surface area contributed by atoms with Crippen LogP contribution in [0.4, 0.5) is 24.5 Å². The number of hydrogen-bond donors (Lipinski definition) is 2. The van der Waals surface area contributed by atoms with E-state index < -0.39 is 6.36 Å². The second-order valence-corrected chi connectivity index (χ2v) is 6.60. The lowest BCUT2D eigenvalue weighted by Gasteiger charge is -2.35. The number of ether oxygens (including phenoxy) is 1. The summed E-state index contributed by atoms with van der Waals surface area (Å²) in [5, 5.41) is 2.73. The molecule has 0 aliphatic carbocycles. The lowest BCUT2D eigenvalue weighted by atomic mass is 10.2. The van der Waals surface area contributed by atoms with Gasteiger partial charge < -0.3 is 25.6 Å². The van der Waals surface area contributed by atoms with Crippen molar-refractivity contribution in [3.05, 3.63) is 54.6 Å². The van der Waals surface area contributed by atoms with Gasteiger partial charge in [0, 0.05) is 37.6 Å².